The molecule has 3 heteroatoms. The minimum atomic E-state index is -0.0402. The topological polar surface area (TPSA) is 46.3 Å². The third-order valence-electron chi connectivity index (χ3n) is 1.47. The van der Waals surface area contributed by atoms with Crippen molar-refractivity contribution >= 4 is 5.91 Å². The van der Waals surface area contributed by atoms with E-state index in [0.29, 0.717) is 18.8 Å². The molecule has 1 aliphatic rings. The van der Waals surface area contributed by atoms with Gasteiger partial charge in [0.05, 0.1) is 5.70 Å². The molecular formula is C8H10N2O. The van der Waals surface area contributed by atoms with E-state index in [1.54, 1.807) is 11.0 Å². The minimum absolute atomic E-state index is 0.0402. The highest BCUT2D eigenvalue weighted by atomic mass is 16.2. The van der Waals surface area contributed by atoms with Gasteiger partial charge in [-0.2, -0.15) is 0 Å². The molecule has 3 nitrogen and oxygen atoms in total. The molecule has 0 radical (unpaired) electrons. The van der Waals surface area contributed by atoms with Gasteiger partial charge in [0.15, 0.2) is 0 Å². The Balaban J connectivity index is 2.78. The van der Waals surface area contributed by atoms with E-state index in [1.807, 2.05) is 0 Å². The summed E-state index contributed by atoms with van der Waals surface area (Å²) in [5.74, 6) is -0.0402. The zero-order chi connectivity index (χ0) is 8.27. The number of amides is 1. The van der Waals surface area contributed by atoms with E-state index in [4.69, 9.17) is 5.73 Å². The van der Waals surface area contributed by atoms with Gasteiger partial charge in [0, 0.05) is 19.2 Å². The number of nitrogens with two attached hydrogens (primary N) is 1. The van der Waals surface area contributed by atoms with Crippen molar-refractivity contribution in [3.63, 3.8) is 0 Å². The summed E-state index contributed by atoms with van der Waals surface area (Å²) in [7, 11) is 0. The standard InChI is InChI=1S/C8H10N2O/c1-2-7-3-4-8(11)10(7)6-5-9/h3-4H,1,5-6,9H2. The molecule has 58 valence electrons. The number of hydrogen-bond acceptors (Lipinski definition) is 2. The molecule has 0 atom stereocenters. The van der Waals surface area contributed by atoms with Gasteiger partial charge in [-0.3, -0.25) is 4.79 Å². The van der Waals surface area contributed by atoms with Crippen LogP contribution < -0.4 is 5.73 Å². The molecule has 0 saturated carbocycles. The van der Waals surface area contributed by atoms with E-state index < -0.39 is 0 Å². The number of carbonyl (C=O) groups is 1. The molecule has 1 rings (SSSR count). The maximum absolute atomic E-state index is 11.0. The Morgan fingerprint density at radius 1 is 1.64 bits per heavy atom. The number of carbonyl (C=O) groups excluding carboxylic acids is 1. The van der Waals surface area contributed by atoms with Gasteiger partial charge in [-0.15, -0.1) is 5.73 Å². The van der Waals surface area contributed by atoms with Crippen molar-refractivity contribution < 1.29 is 4.79 Å². The van der Waals surface area contributed by atoms with Crippen LogP contribution in [0.25, 0.3) is 0 Å². The maximum atomic E-state index is 11.0. The first-order valence-corrected chi connectivity index (χ1v) is 3.39. The molecule has 0 saturated heterocycles. The van der Waals surface area contributed by atoms with Gasteiger partial charge in [-0.25, -0.2) is 0 Å². The van der Waals surface area contributed by atoms with E-state index in [1.165, 1.54) is 6.08 Å². The van der Waals surface area contributed by atoms with Crippen molar-refractivity contribution in [3.05, 3.63) is 30.2 Å². The first kappa shape index (κ1) is 7.79. The second kappa shape index (κ2) is 3.19. The van der Waals surface area contributed by atoms with E-state index in [0.717, 1.165) is 0 Å². The van der Waals surface area contributed by atoms with Crippen LogP contribution in [0.2, 0.25) is 0 Å². The van der Waals surface area contributed by atoms with Crippen LogP contribution in [0.5, 0.6) is 0 Å². The van der Waals surface area contributed by atoms with Crippen LogP contribution in [0.4, 0.5) is 0 Å². The lowest BCUT2D eigenvalue weighted by atomic mass is 10.4. The molecule has 0 aliphatic carbocycles. The predicted octanol–water partition coefficient (Wildman–Crippen LogP) is 0.0123. The van der Waals surface area contributed by atoms with Gasteiger partial charge in [-0.05, 0) is 6.08 Å². The monoisotopic (exact) mass is 150 g/mol. The fraction of sp³-hybridized carbons (Fsp3) is 0.250. The van der Waals surface area contributed by atoms with Crippen molar-refractivity contribution in [1.82, 2.24) is 4.90 Å². The second-order valence-corrected chi connectivity index (χ2v) is 2.17. The van der Waals surface area contributed by atoms with Crippen molar-refractivity contribution in [2.75, 3.05) is 13.1 Å². The largest absolute Gasteiger partial charge is 0.329 e. The Morgan fingerprint density at radius 3 is 2.91 bits per heavy atom. The fourth-order valence-corrected chi connectivity index (χ4v) is 0.963. The summed E-state index contributed by atoms with van der Waals surface area (Å²) in [5, 5.41) is 0. The summed E-state index contributed by atoms with van der Waals surface area (Å²) in [6, 6.07) is 0. The van der Waals surface area contributed by atoms with Crippen LogP contribution in [0.3, 0.4) is 0 Å². The van der Waals surface area contributed by atoms with E-state index >= 15 is 0 Å². The quantitative estimate of drug-likeness (QED) is 0.564. The molecule has 11 heavy (non-hydrogen) atoms. The second-order valence-electron chi connectivity index (χ2n) is 2.17. The van der Waals surface area contributed by atoms with Gasteiger partial charge in [0.25, 0.3) is 5.91 Å². The molecule has 1 aliphatic heterocycles. The molecule has 0 bridgehead atoms. The fourth-order valence-electron chi connectivity index (χ4n) is 0.963. The van der Waals surface area contributed by atoms with E-state index in [-0.39, 0.29) is 5.91 Å². The maximum Gasteiger partial charge on any atom is 0.251 e. The number of nitrogens with zero attached hydrogens (tertiary/aromatic N) is 1. The molecule has 0 aromatic heterocycles. The van der Waals surface area contributed by atoms with Crippen LogP contribution in [-0.2, 0) is 4.79 Å². The first-order valence-electron chi connectivity index (χ1n) is 3.39. The number of rotatable bonds is 2. The highest BCUT2D eigenvalue weighted by Gasteiger charge is 2.17. The Morgan fingerprint density at radius 2 is 2.36 bits per heavy atom. The van der Waals surface area contributed by atoms with Crippen LogP contribution in [0, 0.1) is 0 Å². The van der Waals surface area contributed by atoms with Gasteiger partial charge >= 0.3 is 0 Å². The number of hydrogen-bond donors (Lipinski definition) is 1. The van der Waals surface area contributed by atoms with Gasteiger partial charge in [0.2, 0.25) is 0 Å². The SMILES string of the molecule is C=C=C1C=CC(=O)N1CCN. The van der Waals surface area contributed by atoms with Crippen LogP contribution in [-0.4, -0.2) is 23.9 Å². The Bertz CT molecular complexity index is 249. The Hall–Kier alpha value is -1.31. The van der Waals surface area contributed by atoms with Gasteiger partial charge in [0.1, 0.15) is 0 Å². The van der Waals surface area contributed by atoms with Crippen molar-refractivity contribution in [3.8, 4) is 0 Å². The van der Waals surface area contributed by atoms with E-state index in [9.17, 15) is 4.79 Å². The lowest BCUT2D eigenvalue weighted by molar-refractivity contribution is -0.123. The summed E-state index contributed by atoms with van der Waals surface area (Å²) in [4.78, 5) is 12.6. The molecule has 0 unspecified atom stereocenters. The third-order valence-corrected chi connectivity index (χ3v) is 1.47. The van der Waals surface area contributed by atoms with Crippen molar-refractivity contribution in [2.45, 2.75) is 0 Å². The third kappa shape index (κ3) is 1.40. The van der Waals surface area contributed by atoms with Crippen LogP contribution >= 0.6 is 0 Å². The smallest absolute Gasteiger partial charge is 0.251 e. The Labute approximate surface area is 65.5 Å². The lowest BCUT2D eigenvalue weighted by Crippen LogP contribution is -2.29. The van der Waals surface area contributed by atoms with Gasteiger partial charge < -0.3 is 10.6 Å². The summed E-state index contributed by atoms with van der Waals surface area (Å²) >= 11 is 0. The normalized spacial score (nSPS) is 15.9. The highest BCUT2D eigenvalue weighted by molar-refractivity contribution is 5.93. The average molecular weight is 150 g/mol. The summed E-state index contributed by atoms with van der Waals surface area (Å²) in [6.07, 6.45) is 3.17. The summed E-state index contributed by atoms with van der Waals surface area (Å²) in [6.45, 7) is 4.45. The zero-order valence-corrected chi connectivity index (χ0v) is 6.21. The zero-order valence-electron chi connectivity index (χ0n) is 6.21. The molecule has 0 spiro atoms. The number of allylic oxidation sites excluding steroid dienone is 1. The molecule has 0 fully saturated rings. The first-order chi connectivity index (χ1) is 5.29. The highest BCUT2D eigenvalue weighted by Crippen LogP contribution is 2.11. The van der Waals surface area contributed by atoms with Crippen LogP contribution in [0.15, 0.2) is 30.2 Å². The molecule has 0 aromatic rings. The van der Waals surface area contributed by atoms with Crippen LogP contribution in [0.1, 0.15) is 0 Å². The molecule has 0 aromatic carbocycles. The summed E-state index contributed by atoms with van der Waals surface area (Å²) in [5.41, 5.74) is 8.67. The molecular weight excluding hydrogens is 140 g/mol. The molecule has 2 N–H and O–H groups in total. The summed E-state index contributed by atoms with van der Waals surface area (Å²) < 4.78 is 0. The molecule has 1 heterocycles. The van der Waals surface area contributed by atoms with Gasteiger partial charge in [-0.1, -0.05) is 6.58 Å². The Kier molecular flexibility index (Phi) is 2.26. The predicted molar refractivity (Wildman–Crippen MR) is 42.6 cm³/mol. The van der Waals surface area contributed by atoms with Crippen molar-refractivity contribution in [2.24, 2.45) is 5.73 Å². The van der Waals surface area contributed by atoms with E-state index in [2.05, 4.69) is 12.3 Å². The van der Waals surface area contributed by atoms with Crippen molar-refractivity contribution in [1.29, 1.82) is 0 Å². The molecule has 1 amide bonds. The minimum Gasteiger partial charge on any atom is -0.329 e. The lowest BCUT2D eigenvalue weighted by Gasteiger charge is -2.14. The average Bonchev–Trinajstić information content (AvgIpc) is 2.34.